The Hall–Kier alpha value is -1.95. The molecule has 6 heteroatoms. The normalized spacial score (nSPS) is 10.1. The van der Waals surface area contributed by atoms with E-state index in [1.807, 2.05) is 24.3 Å². The van der Waals surface area contributed by atoms with Crippen molar-refractivity contribution in [3.8, 4) is 5.69 Å². The molecule has 0 fully saturated rings. The molecule has 0 aliphatic carbocycles. The van der Waals surface area contributed by atoms with Crippen LogP contribution in [0.15, 0.2) is 34.9 Å². The number of esters is 1. The number of methoxy groups -OCH3 is 1. The Kier molecular flexibility index (Phi) is 3.57. The molecule has 0 unspecified atom stereocenters. The molecular formula is C12H9BrN2O3. The van der Waals surface area contributed by atoms with Crippen LogP contribution in [0, 0.1) is 0 Å². The number of ether oxygens (including phenoxy) is 1. The Morgan fingerprint density at radius 3 is 2.78 bits per heavy atom. The van der Waals surface area contributed by atoms with Gasteiger partial charge in [-0.25, -0.2) is 9.48 Å². The fourth-order valence-corrected chi connectivity index (χ4v) is 1.96. The van der Waals surface area contributed by atoms with Crippen LogP contribution in [-0.2, 0) is 4.74 Å². The van der Waals surface area contributed by atoms with Crippen LogP contribution in [0.25, 0.3) is 5.69 Å². The maximum absolute atomic E-state index is 11.5. The molecular weight excluding hydrogens is 300 g/mol. The van der Waals surface area contributed by atoms with Gasteiger partial charge in [-0.15, -0.1) is 0 Å². The van der Waals surface area contributed by atoms with Crippen LogP contribution < -0.4 is 0 Å². The Bertz CT molecular complexity index is 607. The molecule has 0 amide bonds. The van der Waals surface area contributed by atoms with Crippen LogP contribution in [0.4, 0.5) is 0 Å². The van der Waals surface area contributed by atoms with Crippen molar-refractivity contribution in [3.63, 3.8) is 0 Å². The summed E-state index contributed by atoms with van der Waals surface area (Å²) in [5.74, 6) is -0.636. The van der Waals surface area contributed by atoms with Gasteiger partial charge in [0.15, 0.2) is 12.0 Å². The molecule has 0 radical (unpaired) electrons. The van der Waals surface area contributed by atoms with Crippen LogP contribution in [0.2, 0.25) is 0 Å². The third-order valence-corrected chi connectivity index (χ3v) is 3.02. The standard InChI is InChI=1S/C12H9BrN2O3/c1-18-12(17)11-8(7-16)6-15(14-11)10-5-3-2-4-9(10)13/h2-7H,1H3. The zero-order valence-electron chi connectivity index (χ0n) is 9.46. The summed E-state index contributed by atoms with van der Waals surface area (Å²) in [5.41, 5.74) is 0.927. The van der Waals surface area contributed by atoms with Gasteiger partial charge in [-0.2, -0.15) is 5.10 Å². The van der Waals surface area contributed by atoms with Crippen molar-refractivity contribution in [3.05, 3.63) is 46.2 Å². The summed E-state index contributed by atoms with van der Waals surface area (Å²) in [7, 11) is 1.24. The van der Waals surface area contributed by atoms with Gasteiger partial charge in [0, 0.05) is 10.7 Å². The Morgan fingerprint density at radius 1 is 1.44 bits per heavy atom. The van der Waals surface area contributed by atoms with Gasteiger partial charge in [0.05, 0.1) is 18.4 Å². The van der Waals surface area contributed by atoms with Gasteiger partial charge in [0.1, 0.15) is 0 Å². The molecule has 0 N–H and O–H groups in total. The second-order valence-electron chi connectivity index (χ2n) is 3.44. The van der Waals surface area contributed by atoms with Gasteiger partial charge in [0.25, 0.3) is 0 Å². The van der Waals surface area contributed by atoms with Gasteiger partial charge in [-0.05, 0) is 28.1 Å². The van der Waals surface area contributed by atoms with Gasteiger partial charge < -0.3 is 4.74 Å². The summed E-state index contributed by atoms with van der Waals surface area (Å²) in [6.07, 6.45) is 2.06. The minimum atomic E-state index is -0.636. The highest BCUT2D eigenvalue weighted by atomic mass is 79.9. The molecule has 0 saturated carbocycles. The smallest absolute Gasteiger partial charge is 0.359 e. The molecule has 5 nitrogen and oxygen atoms in total. The maximum atomic E-state index is 11.5. The van der Waals surface area contributed by atoms with E-state index in [-0.39, 0.29) is 11.3 Å². The minimum Gasteiger partial charge on any atom is -0.464 e. The van der Waals surface area contributed by atoms with E-state index >= 15 is 0 Å². The average molecular weight is 309 g/mol. The predicted molar refractivity (Wildman–Crippen MR) is 68.0 cm³/mol. The number of rotatable bonds is 3. The van der Waals surface area contributed by atoms with E-state index in [1.54, 1.807) is 0 Å². The molecule has 18 heavy (non-hydrogen) atoms. The number of benzene rings is 1. The first-order valence-electron chi connectivity index (χ1n) is 5.05. The number of halogens is 1. The first-order chi connectivity index (χ1) is 8.67. The van der Waals surface area contributed by atoms with Crippen molar-refractivity contribution in [2.24, 2.45) is 0 Å². The van der Waals surface area contributed by atoms with Crippen molar-refractivity contribution in [2.45, 2.75) is 0 Å². The lowest BCUT2D eigenvalue weighted by atomic mass is 10.3. The van der Waals surface area contributed by atoms with Crippen LogP contribution in [0.5, 0.6) is 0 Å². The number of hydrogen-bond donors (Lipinski definition) is 0. The SMILES string of the molecule is COC(=O)c1nn(-c2ccccc2Br)cc1C=O. The number of aldehydes is 1. The Labute approximate surface area is 111 Å². The summed E-state index contributed by atoms with van der Waals surface area (Å²) < 4.78 is 6.84. The van der Waals surface area contributed by atoms with Crippen molar-refractivity contribution in [1.29, 1.82) is 0 Å². The zero-order valence-corrected chi connectivity index (χ0v) is 11.0. The molecule has 2 aromatic rings. The van der Waals surface area contributed by atoms with Crippen LogP contribution in [0.3, 0.4) is 0 Å². The predicted octanol–water partition coefficient (Wildman–Crippen LogP) is 2.23. The van der Waals surface area contributed by atoms with Crippen molar-refractivity contribution in [2.75, 3.05) is 7.11 Å². The highest BCUT2D eigenvalue weighted by Gasteiger charge is 2.18. The maximum Gasteiger partial charge on any atom is 0.359 e. The molecule has 0 saturated heterocycles. The lowest BCUT2D eigenvalue weighted by Crippen LogP contribution is -2.06. The molecule has 0 bridgehead atoms. The van der Waals surface area contributed by atoms with Gasteiger partial charge in [-0.1, -0.05) is 12.1 Å². The van der Waals surface area contributed by atoms with Gasteiger partial charge in [-0.3, -0.25) is 4.79 Å². The fourth-order valence-electron chi connectivity index (χ4n) is 1.49. The largest absolute Gasteiger partial charge is 0.464 e. The number of carbonyl (C=O) groups is 2. The van der Waals surface area contributed by atoms with Crippen LogP contribution >= 0.6 is 15.9 Å². The first-order valence-corrected chi connectivity index (χ1v) is 5.84. The summed E-state index contributed by atoms with van der Waals surface area (Å²) in [5, 5.41) is 4.06. The monoisotopic (exact) mass is 308 g/mol. The molecule has 92 valence electrons. The van der Waals surface area contributed by atoms with Crippen LogP contribution in [-0.4, -0.2) is 29.1 Å². The Balaban J connectivity index is 2.54. The van der Waals surface area contributed by atoms with Gasteiger partial charge >= 0.3 is 5.97 Å². The molecule has 0 aliphatic heterocycles. The third-order valence-electron chi connectivity index (χ3n) is 2.35. The highest BCUT2D eigenvalue weighted by molar-refractivity contribution is 9.10. The average Bonchev–Trinajstić information content (AvgIpc) is 2.82. The van der Waals surface area contributed by atoms with Crippen molar-refractivity contribution < 1.29 is 14.3 Å². The zero-order chi connectivity index (χ0) is 13.1. The number of nitrogens with zero attached hydrogens (tertiary/aromatic N) is 2. The molecule has 0 atom stereocenters. The highest BCUT2D eigenvalue weighted by Crippen LogP contribution is 2.21. The lowest BCUT2D eigenvalue weighted by molar-refractivity contribution is 0.0591. The molecule has 0 aliphatic rings. The van der Waals surface area contributed by atoms with E-state index in [0.29, 0.717) is 6.29 Å². The number of hydrogen-bond acceptors (Lipinski definition) is 4. The summed E-state index contributed by atoms with van der Waals surface area (Å²) >= 11 is 3.38. The quantitative estimate of drug-likeness (QED) is 0.644. The summed E-state index contributed by atoms with van der Waals surface area (Å²) in [6.45, 7) is 0. The third kappa shape index (κ3) is 2.19. The van der Waals surface area contributed by atoms with E-state index in [4.69, 9.17) is 0 Å². The molecule has 0 spiro atoms. The summed E-state index contributed by atoms with van der Waals surface area (Å²) in [6, 6.07) is 7.35. The number of para-hydroxylation sites is 1. The second kappa shape index (κ2) is 5.14. The van der Waals surface area contributed by atoms with E-state index in [0.717, 1.165) is 10.2 Å². The Morgan fingerprint density at radius 2 is 2.17 bits per heavy atom. The van der Waals surface area contributed by atoms with Crippen molar-refractivity contribution in [1.82, 2.24) is 9.78 Å². The molecule has 1 heterocycles. The second-order valence-corrected chi connectivity index (χ2v) is 4.29. The molecule has 1 aromatic heterocycles. The summed E-state index contributed by atoms with van der Waals surface area (Å²) in [4.78, 5) is 22.4. The van der Waals surface area contributed by atoms with Crippen molar-refractivity contribution >= 4 is 28.2 Å². The van der Waals surface area contributed by atoms with Crippen LogP contribution in [0.1, 0.15) is 20.8 Å². The van der Waals surface area contributed by atoms with E-state index in [2.05, 4.69) is 25.8 Å². The van der Waals surface area contributed by atoms with E-state index < -0.39 is 5.97 Å². The number of aromatic nitrogens is 2. The molecule has 2 rings (SSSR count). The minimum absolute atomic E-state index is 0.00301. The topological polar surface area (TPSA) is 61.2 Å². The molecule has 1 aromatic carbocycles. The number of carbonyl (C=O) groups excluding carboxylic acids is 2. The van der Waals surface area contributed by atoms with Gasteiger partial charge in [0.2, 0.25) is 0 Å². The van der Waals surface area contributed by atoms with E-state index in [9.17, 15) is 9.59 Å². The fraction of sp³-hybridized carbons (Fsp3) is 0.0833. The lowest BCUT2D eigenvalue weighted by Gasteiger charge is -2.02. The first kappa shape index (κ1) is 12.5. The van der Waals surface area contributed by atoms with E-state index in [1.165, 1.54) is 18.0 Å².